The third-order valence-corrected chi connectivity index (χ3v) is 3.54. The molecule has 0 spiro atoms. The van der Waals surface area contributed by atoms with E-state index in [1.807, 2.05) is 6.92 Å². The maximum Gasteiger partial charge on any atom is 0.399 e. The van der Waals surface area contributed by atoms with Gasteiger partial charge in [-0.15, -0.1) is 0 Å². The minimum Gasteiger partial charge on any atom is -0.300 e. The summed E-state index contributed by atoms with van der Waals surface area (Å²) < 4.78 is 30.1. The van der Waals surface area contributed by atoms with Gasteiger partial charge in [-0.2, -0.15) is 8.42 Å². The summed E-state index contributed by atoms with van der Waals surface area (Å²) >= 11 is 0. The first-order valence-corrected chi connectivity index (χ1v) is 8.18. The summed E-state index contributed by atoms with van der Waals surface area (Å²) in [5.74, 6) is -1.01. The fourth-order valence-electron chi connectivity index (χ4n) is 1.57. The Bertz CT molecular complexity index is 453. The third kappa shape index (κ3) is 10.3. The summed E-state index contributed by atoms with van der Waals surface area (Å²) in [4.78, 5) is 34.2. The highest BCUT2D eigenvalue weighted by atomic mass is 32.3. The largest absolute Gasteiger partial charge is 0.399 e. The summed E-state index contributed by atoms with van der Waals surface area (Å²) in [5.41, 5.74) is 0. The van der Waals surface area contributed by atoms with Gasteiger partial charge in [-0.1, -0.05) is 6.92 Å². The minimum atomic E-state index is -4.00. The summed E-state index contributed by atoms with van der Waals surface area (Å²) in [6, 6.07) is 0. The van der Waals surface area contributed by atoms with Gasteiger partial charge >= 0.3 is 10.4 Å². The second-order valence-electron chi connectivity index (χ2n) is 4.49. The summed E-state index contributed by atoms with van der Waals surface area (Å²) in [5, 5.41) is 0. The van der Waals surface area contributed by atoms with Crippen molar-refractivity contribution >= 4 is 27.7 Å². The van der Waals surface area contributed by atoms with Gasteiger partial charge in [-0.05, 0) is 19.3 Å². The SMILES string of the molecule is CCCC(=O)CCCC(=O)C(=O)CCCOS(=O)(=O)OC. The van der Waals surface area contributed by atoms with Crippen LogP contribution in [-0.2, 0) is 33.1 Å². The first-order valence-electron chi connectivity index (χ1n) is 6.85. The molecule has 8 heteroatoms. The lowest BCUT2D eigenvalue weighted by atomic mass is 10.0. The maximum absolute atomic E-state index is 11.5. The zero-order valence-electron chi connectivity index (χ0n) is 12.4. The lowest BCUT2D eigenvalue weighted by molar-refractivity contribution is -0.136. The summed E-state index contributed by atoms with van der Waals surface area (Å²) in [6.45, 7) is 1.68. The molecule has 0 saturated heterocycles. The van der Waals surface area contributed by atoms with Gasteiger partial charge in [0, 0.05) is 25.7 Å². The van der Waals surface area contributed by atoms with Crippen LogP contribution >= 0.6 is 0 Å². The number of carbonyl (C=O) groups excluding carboxylic acids is 3. The standard InChI is InChI=1S/C13H22O7S/c1-3-6-11(14)7-4-8-12(15)13(16)9-5-10-20-21(17,18)19-2/h3-10H2,1-2H3. The molecule has 0 rings (SSSR count). The fourth-order valence-corrected chi connectivity index (χ4v) is 1.99. The highest BCUT2D eigenvalue weighted by Crippen LogP contribution is 2.05. The predicted molar refractivity (Wildman–Crippen MR) is 74.9 cm³/mol. The first-order chi connectivity index (χ1) is 9.82. The zero-order valence-corrected chi connectivity index (χ0v) is 13.2. The number of Topliss-reactive ketones (excluding diaryl/α,β-unsaturated/α-hetero) is 3. The van der Waals surface area contributed by atoms with E-state index in [-0.39, 0.29) is 31.7 Å². The monoisotopic (exact) mass is 322 g/mol. The van der Waals surface area contributed by atoms with Crippen molar-refractivity contribution in [1.82, 2.24) is 0 Å². The third-order valence-electron chi connectivity index (χ3n) is 2.68. The van der Waals surface area contributed by atoms with E-state index < -0.39 is 22.0 Å². The Hall–Kier alpha value is -1.12. The zero-order chi connectivity index (χ0) is 16.3. The highest BCUT2D eigenvalue weighted by Gasteiger charge is 2.15. The van der Waals surface area contributed by atoms with Crippen LogP contribution in [0.25, 0.3) is 0 Å². The molecule has 0 heterocycles. The summed E-state index contributed by atoms with van der Waals surface area (Å²) in [6.07, 6.45) is 2.03. The first kappa shape index (κ1) is 19.9. The molecule has 0 amide bonds. The molecule has 0 radical (unpaired) electrons. The van der Waals surface area contributed by atoms with Crippen LogP contribution in [0.1, 0.15) is 51.9 Å². The minimum absolute atomic E-state index is 0.0471. The van der Waals surface area contributed by atoms with Gasteiger partial charge in [0.05, 0.1) is 13.7 Å². The van der Waals surface area contributed by atoms with Gasteiger partial charge in [0.2, 0.25) is 0 Å². The van der Waals surface area contributed by atoms with Crippen LogP contribution in [0, 0.1) is 0 Å². The molecule has 122 valence electrons. The van der Waals surface area contributed by atoms with Crippen molar-refractivity contribution in [3.8, 4) is 0 Å². The molecule has 7 nitrogen and oxygen atoms in total. The van der Waals surface area contributed by atoms with E-state index in [1.54, 1.807) is 0 Å². The molecule has 0 aliphatic rings. The molecule has 0 aromatic carbocycles. The lowest BCUT2D eigenvalue weighted by Gasteiger charge is -2.03. The molecule has 0 fully saturated rings. The van der Waals surface area contributed by atoms with E-state index in [1.165, 1.54) is 0 Å². The second-order valence-corrected chi connectivity index (χ2v) is 5.87. The lowest BCUT2D eigenvalue weighted by Crippen LogP contribution is -2.15. The number of hydrogen-bond acceptors (Lipinski definition) is 7. The maximum atomic E-state index is 11.5. The Labute approximate surface area is 125 Å². The Morgan fingerprint density at radius 3 is 2.00 bits per heavy atom. The van der Waals surface area contributed by atoms with Crippen molar-refractivity contribution < 1.29 is 31.2 Å². The van der Waals surface area contributed by atoms with E-state index in [9.17, 15) is 22.8 Å². The van der Waals surface area contributed by atoms with Crippen LogP contribution < -0.4 is 0 Å². The number of hydrogen-bond donors (Lipinski definition) is 0. The Kier molecular flexibility index (Phi) is 10.0. The highest BCUT2D eigenvalue weighted by molar-refractivity contribution is 7.81. The van der Waals surface area contributed by atoms with Crippen molar-refractivity contribution in [3.63, 3.8) is 0 Å². The van der Waals surface area contributed by atoms with Crippen LogP contribution in [0.5, 0.6) is 0 Å². The van der Waals surface area contributed by atoms with Gasteiger partial charge in [-0.25, -0.2) is 4.18 Å². The van der Waals surface area contributed by atoms with Crippen molar-refractivity contribution in [1.29, 1.82) is 0 Å². The molecule has 0 aromatic heterocycles. The molecule has 0 bridgehead atoms. The van der Waals surface area contributed by atoms with E-state index in [0.29, 0.717) is 19.3 Å². The molecule has 0 atom stereocenters. The van der Waals surface area contributed by atoms with Gasteiger partial charge in [0.1, 0.15) is 5.78 Å². The molecule has 0 aliphatic carbocycles. The smallest absolute Gasteiger partial charge is 0.300 e. The topological polar surface area (TPSA) is 104 Å². The van der Waals surface area contributed by atoms with Crippen molar-refractivity contribution in [3.05, 3.63) is 0 Å². The average molecular weight is 322 g/mol. The Morgan fingerprint density at radius 2 is 1.48 bits per heavy atom. The van der Waals surface area contributed by atoms with E-state index in [2.05, 4.69) is 8.37 Å². The van der Waals surface area contributed by atoms with E-state index in [4.69, 9.17) is 0 Å². The predicted octanol–water partition coefficient (Wildman–Crippen LogP) is 1.35. The van der Waals surface area contributed by atoms with Crippen molar-refractivity contribution in [2.45, 2.75) is 51.9 Å². The van der Waals surface area contributed by atoms with Gasteiger partial charge in [-0.3, -0.25) is 18.6 Å². The van der Waals surface area contributed by atoms with Gasteiger partial charge in [0.25, 0.3) is 0 Å². The molecular weight excluding hydrogens is 300 g/mol. The van der Waals surface area contributed by atoms with E-state index >= 15 is 0 Å². The molecule has 0 saturated carbocycles. The molecule has 21 heavy (non-hydrogen) atoms. The van der Waals surface area contributed by atoms with Gasteiger partial charge < -0.3 is 0 Å². The molecule has 0 N–H and O–H groups in total. The van der Waals surface area contributed by atoms with Crippen molar-refractivity contribution in [2.24, 2.45) is 0 Å². The Balaban J connectivity index is 3.81. The Morgan fingerprint density at radius 1 is 0.905 bits per heavy atom. The van der Waals surface area contributed by atoms with Crippen molar-refractivity contribution in [2.75, 3.05) is 13.7 Å². The summed E-state index contributed by atoms with van der Waals surface area (Å²) in [7, 11) is -3.04. The van der Waals surface area contributed by atoms with Crippen LogP contribution in [0.2, 0.25) is 0 Å². The van der Waals surface area contributed by atoms with E-state index in [0.717, 1.165) is 13.5 Å². The fraction of sp³-hybridized carbons (Fsp3) is 0.769. The van der Waals surface area contributed by atoms with Gasteiger partial charge in [0.15, 0.2) is 11.6 Å². The molecular formula is C13H22O7S. The number of rotatable bonds is 13. The molecule has 0 aromatic rings. The quantitative estimate of drug-likeness (QED) is 0.372. The van der Waals surface area contributed by atoms with Crippen LogP contribution in [0.4, 0.5) is 0 Å². The second kappa shape index (κ2) is 10.6. The average Bonchev–Trinajstić information content (AvgIpc) is 2.43. The molecule has 0 aliphatic heterocycles. The normalized spacial score (nSPS) is 11.3. The number of carbonyl (C=O) groups is 3. The molecule has 0 unspecified atom stereocenters. The van der Waals surface area contributed by atoms with Crippen LogP contribution in [-0.4, -0.2) is 39.5 Å². The van der Waals surface area contributed by atoms with Crippen LogP contribution in [0.15, 0.2) is 0 Å². The van der Waals surface area contributed by atoms with Crippen LogP contribution in [0.3, 0.4) is 0 Å². The number of ketones is 3.